The third-order valence-corrected chi connectivity index (χ3v) is 2.73. The van der Waals surface area contributed by atoms with Crippen LogP contribution in [0.5, 0.6) is 0 Å². The fourth-order valence-electron chi connectivity index (χ4n) is 1.75. The van der Waals surface area contributed by atoms with Crippen molar-refractivity contribution in [3.63, 3.8) is 0 Å². The van der Waals surface area contributed by atoms with Crippen LogP contribution in [0.3, 0.4) is 0 Å². The summed E-state index contributed by atoms with van der Waals surface area (Å²) in [6.45, 7) is 3.20. The van der Waals surface area contributed by atoms with Crippen LogP contribution >= 0.6 is 0 Å². The summed E-state index contributed by atoms with van der Waals surface area (Å²) in [6.07, 6.45) is 8.42. The van der Waals surface area contributed by atoms with Gasteiger partial charge in [-0.1, -0.05) is 26.2 Å². The van der Waals surface area contributed by atoms with E-state index in [0.29, 0.717) is 5.78 Å². The van der Waals surface area contributed by atoms with Crippen molar-refractivity contribution in [3.05, 3.63) is 0 Å². The molecule has 0 amide bonds. The van der Waals surface area contributed by atoms with Crippen molar-refractivity contribution < 1.29 is 4.79 Å². The first-order valence-electron chi connectivity index (χ1n) is 5.87. The van der Waals surface area contributed by atoms with Gasteiger partial charge in [0.05, 0.1) is 0 Å². The maximum absolute atomic E-state index is 11.0. The van der Waals surface area contributed by atoms with Crippen molar-refractivity contribution >= 4 is 11.5 Å². The lowest BCUT2D eigenvalue weighted by Gasteiger charge is -2.11. The average Bonchev–Trinajstić information content (AvgIpc) is 2.21. The lowest BCUT2D eigenvalue weighted by molar-refractivity contribution is -0.119. The van der Waals surface area contributed by atoms with Crippen LogP contribution in [0.15, 0.2) is 4.99 Å². The van der Waals surface area contributed by atoms with E-state index in [4.69, 9.17) is 0 Å². The molecule has 0 aromatic rings. The van der Waals surface area contributed by atoms with Crippen molar-refractivity contribution in [2.24, 2.45) is 4.99 Å². The van der Waals surface area contributed by atoms with Crippen molar-refractivity contribution in [3.8, 4) is 0 Å². The second kappa shape index (κ2) is 6.74. The van der Waals surface area contributed by atoms with Gasteiger partial charge < -0.3 is 0 Å². The van der Waals surface area contributed by atoms with Crippen LogP contribution in [0.25, 0.3) is 0 Å². The Bertz CT molecular complexity index is 196. The second-order valence-corrected chi connectivity index (χ2v) is 4.05. The molecule has 0 aromatic heterocycles. The Morgan fingerprint density at radius 2 is 1.79 bits per heavy atom. The summed E-state index contributed by atoms with van der Waals surface area (Å²) in [6, 6.07) is 0. The Labute approximate surface area is 86.8 Å². The predicted molar refractivity (Wildman–Crippen MR) is 59.9 cm³/mol. The molecule has 1 aliphatic rings. The van der Waals surface area contributed by atoms with E-state index in [9.17, 15) is 4.79 Å². The third-order valence-electron chi connectivity index (χ3n) is 2.73. The Balaban J connectivity index is 2.09. The zero-order valence-corrected chi connectivity index (χ0v) is 9.22. The molecule has 0 saturated heterocycles. The predicted octanol–water partition coefficient (Wildman–Crippen LogP) is 3.15. The first-order chi connectivity index (χ1) is 6.83. The summed E-state index contributed by atoms with van der Waals surface area (Å²) in [5.41, 5.74) is 1.28. The molecule has 1 aliphatic carbocycles. The van der Waals surface area contributed by atoms with Crippen molar-refractivity contribution in [2.45, 2.75) is 58.3 Å². The molecular weight excluding hydrogens is 174 g/mol. The number of nitrogens with zero attached hydrogens (tertiary/aromatic N) is 1. The maximum atomic E-state index is 11.0. The van der Waals surface area contributed by atoms with Crippen molar-refractivity contribution in [2.75, 3.05) is 6.54 Å². The molecule has 0 bridgehead atoms. The summed E-state index contributed by atoms with van der Waals surface area (Å²) in [5.74, 6) is 0.412. The zero-order valence-electron chi connectivity index (χ0n) is 9.22. The number of hydrogen-bond acceptors (Lipinski definition) is 2. The fourth-order valence-corrected chi connectivity index (χ4v) is 1.75. The SMILES string of the molecule is CCCCCCN=C1CCC(=O)CC1. The van der Waals surface area contributed by atoms with Crippen LogP contribution in [0.1, 0.15) is 58.3 Å². The lowest BCUT2D eigenvalue weighted by atomic mass is 9.97. The largest absolute Gasteiger partial charge is 0.300 e. The molecule has 0 heterocycles. The summed E-state index contributed by atoms with van der Waals surface area (Å²) >= 11 is 0. The van der Waals surface area contributed by atoms with Gasteiger partial charge >= 0.3 is 0 Å². The van der Waals surface area contributed by atoms with Gasteiger partial charge in [0.25, 0.3) is 0 Å². The molecule has 0 N–H and O–H groups in total. The third kappa shape index (κ3) is 4.54. The van der Waals surface area contributed by atoms with Gasteiger partial charge in [-0.15, -0.1) is 0 Å². The van der Waals surface area contributed by atoms with Crippen LogP contribution in [0.4, 0.5) is 0 Å². The van der Waals surface area contributed by atoms with Crippen LogP contribution in [-0.2, 0) is 4.79 Å². The quantitative estimate of drug-likeness (QED) is 0.620. The van der Waals surface area contributed by atoms with E-state index in [1.165, 1.54) is 31.4 Å². The number of aliphatic imine (C=N–C) groups is 1. The minimum atomic E-state index is 0.412. The van der Waals surface area contributed by atoms with Crippen LogP contribution in [-0.4, -0.2) is 18.0 Å². The number of Topliss-reactive ketones (excluding diaryl/α,β-unsaturated/α-hetero) is 1. The Hall–Kier alpha value is -0.660. The number of ketones is 1. The highest BCUT2D eigenvalue weighted by molar-refractivity contribution is 5.95. The zero-order chi connectivity index (χ0) is 10.2. The van der Waals surface area contributed by atoms with Crippen LogP contribution in [0, 0.1) is 0 Å². The molecule has 0 radical (unpaired) electrons. The van der Waals surface area contributed by atoms with E-state index < -0.39 is 0 Å². The molecular formula is C12H21NO. The Morgan fingerprint density at radius 1 is 1.07 bits per heavy atom. The van der Waals surface area contributed by atoms with Gasteiger partial charge in [-0.2, -0.15) is 0 Å². The molecule has 0 atom stereocenters. The van der Waals surface area contributed by atoms with Crippen molar-refractivity contribution in [1.29, 1.82) is 0 Å². The second-order valence-electron chi connectivity index (χ2n) is 4.05. The Morgan fingerprint density at radius 3 is 2.43 bits per heavy atom. The highest BCUT2D eigenvalue weighted by Crippen LogP contribution is 2.12. The average molecular weight is 195 g/mol. The van der Waals surface area contributed by atoms with E-state index in [-0.39, 0.29) is 0 Å². The van der Waals surface area contributed by atoms with E-state index in [2.05, 4.69) is 11.9 Å². The Kier molecular flexibility index (Phi) is 5.50. The lowest BCUT2D eigenvalue weighted by Crippen LogP contribution is -2.13. The summed E-state index contributed by atoms with van der Waals surface area (Å²) < 4.78 is 0. The number of carbonyl (C=O) groups excluding carboxylic acids is 1. The monoisotopic (exact) mass is 195 g/mol. The fraction of sp³-hybridized carbons (Fsp3) is 0.833. The van der Waals surface area contributed by atoms with Gasteiger partial charge in [0.1, 0.15) is 5.78 Å². The van der Waals surface area contributed by atoms with Crippen LogP contribution in [0.2, 0.25) is 0 Å². The molecule has 1 saturated carbocycles. The number of carbonyl (C=O) groups is 1. The van der Waals surface area contributed by atoms with Gasteiger partial charge in [-0.3, -0.25) is 9.79 Å². The van der Waals surface area contributed by atoms with E-state index in [1.54, 1.807) is 0 Å². The summed E-state index contributed by atoms with van der Waals surface area (Å²) in [7, 11) is 0. The van der Waals surface area contributed by atoms with Gasteiger partial charge in [0.2, 0.25) is 0 Å². The smallest absolute Gasteiger partial charge is 0.133 e. The number of rotatable bonds is 5. The highest BCUT2D eigenvalue weighted by atomic mass is 16.1. The first-order valence-corrected chi connectivity index (χ1v) is 5.87. The molecule has 0 aromatic carbocycles. The highest BCUT2D eigenvalue weighted by Gasteiger charge is 2.12. The molecule has 0 aliphatic heterocycles. The molecule has 1 fully saturated rings. The van der Waals surface area contributed by atoms with Crippen LogP contribution < -0.4 is 0 Å². The number of unbranched alkanes of at least 4 members (excludes halogenated alkanes) is 3. The van der Waals surface area contributed by atoms with Gasteiger partial charge in [-0.05, 0) is 19.3 Å². The summed E-state index contributed by atoms with van der Waals surface area (Å²) in [5, 5.41) is 0. The topological polar surface area (TPSA) is 29.4 Å². The normalized spacial score (nSPS) is 17.2. The van der Waals surface area contributed by atoms with Gasteiger partial charge in [0, 0.05) is 25.1 Å². The van der Waals surface area contributed by atoms with E-state index >= 15 is 0 Å². The standard InChI is InChI=1S/C12H21NO/c1-2-3-4-5-10-13-11-6-8-12(14)9-7-11/h2-10H2,1H3. The molecule has 14 heavy (non-hydrogen) atoms. The van der Waals surface area contributed by atoms with Gasteiger partial charge in [-0.25, -0.2) is 0 Å². The minimum Gasteiger partial charge on any atom is -0.300 e. The molecule has 80 valence electrons. The minimum absolute atomic E-state index is 0.412. The summed E-state index contributed by atoms with van der Waals surface area (Å²) in [4.78, 5) is 15.5. The molecule has 0 unspecified atom stereocenters. The van der Waals surface area contributed by atoms with E-state index in [1.807, 2.05) is 0 Å². The maximum Gasteiger partial charge on any atom is 0.133 e. The molecule has 2 nitrogen and oxygen atoms in total. The molecule has 1 rings (SSSR count). The first kappa shape index (κ1) is 11.4. The molecule has 2 heteroatoms. The van der Waals surface area contributed by atoms with Crippen molar-refractivity contribution in [1.82, 2.24) is 0 Å². The van der Waals surface area contributed by atoms with Gasteiger partial charge in [0.15, 0.2) is 0 Å². The molecule has 0 spiro atoms. The van der Waals surface area contributed by atoms with E-state index in [0.717, 1.165) is 32.2 Å². The number of hydrogen-bond donors (Lipinski definition) is 0.